The zero-order valence-electron chi connectivity index (χ0n) is 11.2. The summed E-state index contributed by atoms with van der Waals surface area (Å²) >= 11 is 1.92. The molecule has 1 fully saturated rings. The molecule has 3 nitrogen and oxygen atoms in total. The standard InChI is InChI=1S/C14H22N2OS/c1-9(8-17-2)13(15-10-6-7-10)14-16-11-4-3-5-12(11)18-14/h9-10,13,15H,3-8H2,1-2H3. The molecule has 0 bridgehead atoms. The lowest BCUT2D eigenvalue weighted by molar-refractivity contribution is 0.138. The predicted octanol–water partition coefficient (Wildman–Crippen LogP) is 2.71. The maximum atomic E-state index is 5.32. The van der Waals surface area contributed by atoms with Gasteiger partial charge in [-0.1, -0.05) is 6.92 Å². The van der Waals surface area contributed by atoms with Gasteiger partial charge in [0.05, 0.1) is 18.3 Å². The average Bonchev–Trinajstić information content (AvgIpc) is 2.91. The fourth-order valence-electron chi connectivity index (χ4n) is 2.69. The van der Waals surface area contributed by atoms with Crippen LogP contribution in [0.25, 0.3) is 0 Å². The van der Waals surface area contributed by atoms with Gasteiger partial charge in [0.25, 0.3) is 0 Å². The van der Waals surface area contributed by atoms with Gasteiger partial charge in [-0.3, -0.25) is 0 Å². The normalized spacial score (nSPS) is 21.9. The summed E-state index contributed by atoms with van der Waals surface area (Å²) in [6, 6.07) is 1.10. The quantitative estimate of drug-likeness (QED) is 0.859. The molecule has 1 heterocycles. The van der Waals surface area contributed by atoms with Crippen LogP contribution in [0.4, 0.5) is 0 Å². The molecule has 2 unspecified atom stereocenters. The van der Waals surface area contributed by atoms with Crippen molar-refractivity contribution in [1.82, 2.24) is 10.3 Å². The van der Waals surface area contributed by atoms with E-state index in [-0.39, 0.29) is 0 Å². The first-order valence-corrected chi connectivity index (χ1v) is 7.83. The second-order valence-electron chi connectivity index (χ2n) is 5.63. The van der Waals surface area contributed by atoms with Crippen LogP contribution in [0.5, 0.6) is 0 Å². The first kappa shape index (κ1) is 12.6. The van der Waals surface area contributed by atoms with E-state index in [2.05, 4.69) is 12.2 Å². The van der Waals surface area contributed by atoms with E-state index in [9.17, 15) is 0 Å². The lowest BCUT2D eigenvalue weighted by atomic mass is 10.0. The van der Waals surface area contributed by atoms with Crippen molar-refractivity contribution in [3.63, 3.8) is 0 Å². The fraction of sp³-hybridized carbons (Fsp3) is 0.786. The molecule has 18 heavy (non-hydrogen) atoms. The van der Waals surface area contributed by atoms with Crippen LogP contribution in [-0.2, 0) is 17.6 Å². The average molecular weight is 266 g/mol. The minimum absolute atomic E-state index is 0.382. The Kier molecular flexibility index (Phi) is 3.68. The van der Waals surface area contributed by atoms with Gasteiger partial charge in [0.2, 0.25) is 0 Å². The molecule has 0 aromatic carbocycles. The molecule has 0 spiro atoms. The molecule has 4 heteroatoms. The van der Waals surface area contributed by atoms with Gasteiger partial charge < -0.3 is 10.1 Å². The third kappa shape index (κ3) is 2.60. The first-order valence-electron chi connectivity index (χ1n) is 7.01. The molecule has 2 aliphatic rings. The van der Waals surface area contributed by atoms with E-state index in [1.54, 1.807) is 7.11 Å². The molecule has 1 aromatic heterocycles. The molecule has 100 valence electrons. The zero-order valence-corrected chi connectivity index (χ0v) is 12.1. The summed E-state index contributed by atoms with van der Waals surface area (Å²) in [6.07, 6.45) is 6.35. The highest BCUT2D eigenvalue weighted by Gasteiger charge is 2.31. The smallest absolute Gasteiger partial charge is 0.110 e. The monoisotopic (exact) mass is 266 g/mol. The van der Waals surface area contributed by atoms with E-state index in [1.165, 1.54) is 47.7 Å². The van der Waals surface area contributed by atoms with E-state index in [1.807, 2.05) is 11.3 Å². The summed E-state index contributed by atoms with van der Waals surface area (Å²) in [7, 11) is 1.78. The first-order chi connectivity index (χ1) is 8.78. The van der Waals surface area contributed by atoms with Crippen LogP contribution >= 0.6 is 11.3 Å². The molecule has 1 aromatic rings. The molecule has 2 aliphatic carbocycles. The number of fused-ring (bicyclic) bond motifs is 1. The highest BCUT2D eigenvalue weighted by atomic mass is 32.1. The molecule has 0 aliphatic heterocycles. The Morgan fingerprint density at radius 3 is 2.94 bits per heavy atom. The summed E-state index contributed by atoms with van der Waals surface area (Å²) in [6.45, 7) is 3.06. The summed E-state index contributed by atoms with van der Waals surface area (Å²) in [5.41, 5.74) is 1.36. The topological polar surface area (TPSA) is 34.1 Å². The number of nitrogens with zero attached hydrogens (tertiary/aromatic N) is 1. The van der Waals surface area contributed by atoms with Crippen LogP contribution in [0.1, 0.15) is 47.8 Å². The Hall–Kier alpha value is -0.450. The molecule has 0 amide bonds. The Balaban J connectivity index is 1.77. The highest BCUT2D eigenvalue weighted by Crippen LogP contribution is 2.35. The lowest BCUT2D eigenvalue weighted by Gasteiger charge is -2.23. The molecular weight excluding hydrogens is 244 g/mol. The summed E-state index contributed by atoms with van der Waals surface area (Å²) in [5, 5.41) is 5.04. The van der Waals surface area contributed by atoms with Crippen molar-refractivity contribution in [1.29, 1.82) is 0 Å². The summed E-state index contributed by atoms with van der Waals surface area (Å²) < 4.78 is 5.32. The van der Waals surface area contributed by atoms with Crippen LogP contribution in [0.2, 0.25) is 0 Å². The fourth-order valence-corrected chi connectivity index (χ4v) is 4.03. The molecule has 0 radical (unpaired) electrons. The van der Waals surface area contributed by atoms with Gasteiger partial charge in [-0.25, -0.2) is 4.98 Å². The van der Waals surface area contributed by atoms with Gasteiger partial charge in [0.15, 0.2) is 0 Å². The second kappa shape index (κ2) is 5.27. The Morgan fingerprint density at radius 1 is 1.44 bits per heavy atom. The molecule has 1 N–H and O–H groups in total. The number of nitrogens with one attached hydrogen (secondary N) is 1. The largest absolute Gasteiger partial charge is 0.384 e. The second-order valence-corrected chi connectivity index (χ2v) is 6.74. The van der Waals surface area contributed by atoms with Crippen molar-refractivity contribution in [2.24, 2.45) is 5.92 Å². The Labute approximate surface area is 113 Å². The highest BCUT2D eigenvalue weighted by molar-refractivity contribution is 7.11. The minimum atomic E-state index is 0.382. The van der Waals surface area contributed by atoms with Crippen LogP contribution in [-0.4, -0.2) is 24.7 Å². The van der Waals surface area contributed by atoms with Crippen LogP contribution in [0.3, 0.4) is 0 Å². The van der Waals surface area contributed by atoms with Gasteiger partial charge >= 0.3 is 0 Å². The van der Waals surface area contributed by atoms with Gasteiger partial charge in [-0.2, -0.15) is 0 Å². The van der Waals surface area contributed by atoms with E-state index >= 15 is 0 Å². The minimum Gasteiger partial charge on any atom is -0.384 e. The maximum Gasteiger partial charge on any atom is 0.110 e. The molecule has 0 saturated heterocycles. The van der Waals surface area contributed by atoms with Crippen LogP contribution in [0.15, 0.2) is 0 Å². The maximum absolute atomic E-state index is 5.32. The molecular formula is C14H22N2OS. The van der Waals surface area contributed by atoms with E-state index in [0.29, 0.717) is 18.0 Å². The van der Waals surface area contributed by atoms with Gasteiger partial charge in [-0.05, 0) is 32.1 Å². The lowest BCUT2D eigenvalue weighted by Crippen LogP contribution is -2.30. The third-order valence-electron chi connectivity index (χ3n) is 3.87. The predicted molar refractivity (Wildman–Crippen MR) is 74.1 cm³/mol. The number of aromatic nitrogens is 1. The number of methoxy groups -OCH3 is 1. The molecule has 3 rings (SSSR count). The molecule has 1 saturated carbocycles. The van der Waals surface area contributed by atoms with E-state index < -0.39 is 0 Å². The number of hydrogen-bond donors (Lipinski definition) is 1. The van der Waals surface area contributed by atoms with Crippen molar-refractivity contribution in [2.75, 3.05) is 13.7 Å². The number of aryl methyl sites for hydroxylation is 2. The van der Waals surface area contributed by atoms with Gasteiger partial charge in [-0.15, -0.1) is 11.3 Å². The van der Waals surface area contributed by atoms with Crippen molar-refractivity contribution in [2.45, 2.75) is 51.1 Å². The number of hydrogen-bond acceptors (Lipinski definition) is 4. The summed E-state index contributed by atoms with van der Waals surface area (Å²) in [5.74, 6) is 0.488. The number of thiazole rings is 1. The van der Waals surface area contributed by atoms with Gasteiger partial charge in [0.1, 0.15) is 5.01 Å². The van der Waals surface area contributed by atoms with Crippen LogP contribution in [0, 0.1) is 5.92 Å². The van der Waals surface area contributed by atoms with Crippen molar-refractivity contribution < 1.29 is 4.74 Å². The van der Waals surface area contributed by atoms with Crippen molar-refractivity contribution in [3.8, 4) is 0 Å². The third-order valence-corrected chi connectivity index (χ3v) is 5.11. The SMILES string of the molecule is COCC(C)C(NC1CC1)c1nc2c(s1)CCC2. The zero-order chi connectivity index (χ0) is 12.5. The van der Waals surface area contributed by atoms with Gasteiger partial charge in [0, 0.05) is 23.9 Å². The number of ether oxygens (including phenoxy) is 1. The van der Waals surface area contributed by atoms with Crippen LogP contribution < -0.4 is 5.32 Å². The molecule has 2 atom stereocenters. The van der Waals surface area contributed by atoms with Crippen molar-refractivity contribution in [3.05, 3.63) is 15.6 Å². The summed E-state index contributed by atoms with van der Waals surface area (Å²) in [4.78, 5) is 6.40. The Bertz CT molecular complexity index is 392. The van der Waals surface area contributed by atoms with Crippen molar-refractivity contribution >= 4 is 11.3 Å². The Morgan fingerprint density at radius 2 is 2.28 bits per heavy atom. The van der Waals surface area contributed by atoms with E-state index in [4.69, 9.17) is 9.72 Å². The van der Waals surface area contributed by atoms with E-state index in [0.717, 1.165) is 6.61 Å². The number of rotatable bonds is 6.